The Bertz CT molecular complexity index is 1210. The number of aryl methyl sites for hydroxylation is 1. The number of ketones is 1. The van der Waals surface area contributed by atoms with Gasteiger partial charge >= 0.3 is 0 Å². The maximum absolute atomic E-state index is 13.0. The van der Waals surface area contributed by atoms with Crippen molar-refractivity contribution in [1.82, 2.24) is 9.88 Å². The number of hydrogen-bond donors (Lipinski definition) is 2. The van der Waals surface area contributed by atoms with Crippen LogP contribution in [0.25, 0.3) is 0 Å². The van der Waals surface area contributed by atoms with Crippen molar-refractivity contribution in [2.24, 2.45) is 5.14 Å². The lowest BCUT2D eigenvalue weighted by Gasteiger charge is -2.40. The summed E-state index contributed by atoms with van der Waals surface area (Å²) in [5.74, 6) is -0.149. The van der Waals surface area contributed by atoms with E-state index >= 15 is 0 Å². The molecule has 1 aromatic heterocycles. The predicted octanol–water partition coefficient (Wildman–Crippen LogP) is 4.31. The van der Waals surface area contributed by atoms with Crippen molar-refractivity contribution in [3.63, 3.8) is 0 Å². The summed E-state index contributed by atoms with van der Waals surface area (Å²) in [5, 5.41) is 6.34. The molecular formula is C24H29Cl2N3O3S. The van der Waals surface area contributed by atoms with Gasteiger partial charge in [0.05, 0.1) is 5.69 Å². The van der Waals surface area contributed by atoms with Gasteiger partial charge < -0.3 is 9.88 Å². The Labute approximate surface area is 206 Å². The van der Waals surface area contributed by atoms with Gasteiger partial charge in [-0.15, -0.1) is 12.4 Å². The molecule has 0 fully saturated rings. The van der Waals surface area contributed by atoms with E-state index in [9.17, 15) is 13.2 Å². The van der Waals surface area contributed by atoms with Crippen molar-refractivity contribution in [2.75, 3.05) is 14.1 Å². The van der Waals surface area contributed by atoms with Crippen LogP contribution in [0.4, 0.5) is 0 Å². The Morgan fingerprint density at radius 1 is 1.12 bits per heavy atom. The van der Waals surface area contributed by atoms with Crippen molar-refractivity contribution in [3.8, 4) is 0 Å². The number of primary sulfonamides is 1. The second-order valence-electron chi connectivity index (χ2n) is 8.39. The molecule has 2 atom stereocenters. The van der Waals surface area contributed by atoms with Gasteiger partial charge in [-0.05, 0) is 69.4 Å². The minimum Gasteiger partial charge on any atom is -0.355 e. The Hall–Kier alpha value is -2.16. The zero-order chi connectivity index (χ0) is 23.7. The minimum atomic E-state index is -3.98. The molecule has 0 bridgehead atoms. The highest BCUT2D eigenvalue weighted by atomic mass is 35.5. The van der Waals surface area contributed by atoms with Crippen LogP contribution < -0.4 is 5.14 Å². The van der Waals surface area contributed by atoms with Crippen molar-refractivity contribution >= 4 is 39.8 Å². The molecule has 9 heteroatoms. The number of carbonyl (C=O) groups excluding carboxylic acids is 1. The van der Waals surface area contributed by atoms with Crippen LogP contribution in [0, 0.1) is 6.92 Å². The first kappa shape index (κ1) is 27.1. The van der Waals surface area contributed by atoms with Crippen LogP contribution in [0.5, 0.6) is 0 Å². The molecule has 0 spiro atoms. The molecule has 3 rings (SSSR count). The Balaban J connectivity index is 0.00000385. The fourth-order valence-electron chi connectivity index (χ4n) is 4.11. The smallest absolute Gasteiger partial charge is 0.220 e. The Morgan fingerprint density at radius 2 is 1.70 bits per heavy atom. The number of halogens is 2. The molecule has 0 amide bonds. The Morgan fingerprint density at radius 3 is 2.21 bits per heavy atom. The first-order valence-corrected chi connectivity index (χ1v) is 12.1. The molecule has 0 saturated heterocycles. The normalized spacial score (nSPS) is 14.4. The number of sulfonamides is 1. The number of aromatic amines is 1. The average molecular weight is 510 g/mol. The fourth-order valence-corrected chi connectivity index (χ4v) is 5.38. The number of hydrogen-bond acceptors (Lipinski definition) is 4. The summed E-state index contributed by atoms with van der Waals surface area (Å²) in [6, 6.07) is 17.1. The Kier molecular flexibility index (Phi) is 8.54. The number of likely N-dealkylation sites (N-methyl/N-ethyl adjacent to an activating group) is 1. The zero-order valence-electron chi connectivity index (χ0n) is 19.0. The maximum atomic E-state index is 13.0. The molecule has 0 saturated carbocycles. The number of benzene rings is 2. The van der Waals surface area contributed by atoms with Gasteiger partial charge in [-0.1, -0.05) is 41.9 Å². The first-order valence-electron chi connectivity index (χ1n) is 10.2. The number of aromatic nitrogens is 1. The molecule has 0 radical (unpaired) electrons. The standard InChI is InChI=1S/C24H28ClN3O3S.ClH/c1-16-14-20(27-22(16)23(29)17-10-12-19(25)13-11-17)15-21(28(3)4)24(2,32(26,30)31)18-8-6-5-7-9-18;/h5-14,21,27H,15H2,1-4H3,(H2,26,30,31);1H. The molecule has 0 aliphatic heterocycles. The van der Waals surface area contributed by atoms with Crippen LogP contribution >= 0.6 is 24.0 Å². The molecule has 33 heavy (non-hydrogen) atoms. The third-order valence-electron chi connectivity index (χ3n) is 6.01. The number of nitrogens with zero attached hydrogens (tertiary/aromatic N) is 1. The monoisotopic (exact) mass is 509 g/mol. The highest BCUT2D eigenvalue weighted by Gasteiger charge is 2.47. The molecule has 3 aromatic rings. The fraction of sp³-hybridized carbons (Fsp3) is 0.292. The maximum Gasteiger partial charge on any atom is 0.220 e. The summed E-state index contributed by atoms with van der Waals surface area (Å²) >= 11 is 5.93. The number of nitrogens with one attached hydrogen (secondary N) is 1. The van der Waals surface area contributed by atoms with Crippen molar-refractivity contribution in [3.05, 3.63) is 93.8 Å². The summed E-state index contributed by atoms with van der Waals surface area (Å²) in [7, 11) is -0.332. The minimum absolute atomic E-state index is 0. The summed E-state index contributed by atoms with van der Waals surface area (Å²) in [6.45, 7) is 3.50. The van der Waals surface area contributed by atoms with Gasteiger partial charge in [0.2, 0.25) is 15.8 Å². The van der Waals surface area contributed by atoms with E-state index in [2.05, 4.69) is 4.98 Å². The molecular weight excluding hydrogens is 481 g/mol. The number of rotatable bonds is 8. The average Bonchev–Trinajstić information content (AvgIpc) is 3.11. The number of carbonyl (C=O) groups is 1. The van der Waals surface area contributed by atoms with Gasteiger partial charge in [0, 0.05) is 28.7 Å². The number of nitrogens with two attached hydrogens (primary N) is 1. The molecule has 0 aliphatic rings. The van der Waals surface area contributed by atoms with Crippen LogP contribution in [0.15, 0.2) is 60.7 Å². The SMILES string of the molecule is Cc1cc(CC(N(C)C)C(C)(c2ccccc2)S(N)(=O)=O)[nH]c1C(=O)c1ccc(Cl)cc1.Cl. The van der Waals surface area contributed by atoms with Crippen LogP contribution in [0.3, 0.4) is 0 Å². The molecule has 2 aromatic carbocycles. The number of H-pyrrole nitrogens is 1. The zero-order valence-corrected chi connectivity index (χ0v) is 21.4. The van der Waals surface area contributed by atoms with E-state index in [-0.39, 0.29) is 18.2 Å². The van der Waals surface area contributed by atoms with Gasteiger partial charge in [-0.25, -0.2) is 13.6 Å². The topological polar surface area (TPSA) is 96.3 Å². The van der Waals surface area contributed by atoms with Crippen LogP contribution in [0.2, 0.25) is 5.02 Å². The van der Waals surface area contributed by atoms with Crippen LogP contribution in [0.1, 0.15) is 39.8 Å². The van der Waals surface area contributed by atoms with Gasteiger partial charge in [-0.2, -0.15) is 0 Å². The van der Waals surface area contributed by atoms with Crippen molar-refractivity contribution in [1.29, 1.82) is 0 Å². The molecule has 6 nitrogen and oxygen atoms in total. The van der Waals surface area contributed by atoms with Gasteiger partial charge in [0.15, 0.2) is 0 Å². The lowest BCUT2D eigenvalue weighted by atomic mass is 9.88. The summed E-state index contributed by atoms with van der Waals surface area (Å²) in [4.78, 5) is 18.1. The van der Waals surface area contributed by atoms with E-state index in [1.807, 2.05) is 38.1 Å². The second kappa shape index (κ2) is 10.4. The molecule has 3 N–H and O–H groups in total. The van der Waals surface area contributed by atoms with Crippen LogP contribution in [-0.4, -0.2) is 44.2 Å². The molecule has 0 aliphatic carbocycles. The van der Waals surface area contributed by atoms with E-state index in [0.29, 0.717) is 28.3 Å². The van der Waals surface area contributed by atoms with Crippen molar-refractivity contribution < 1.29 is 13.2 Å². The van der Waals surface area contributed by atoms with Gasteiger partial charge in [0.1, 0.15) is 4.75 Å². The van der Waals surface area contributed by atoms with Crippen LogP contribution in [-0.2, 0) is 21.2 Å². The van der Waals surface area contributed by atoms with E-state index in [4.69, 9.17) is 16.7 Å². The van der Waals surface area contributed by atoms with Gasteiger partial charge in [-0.3, -0.25) is 4.79 Å². The third-order valence-corrected chi connectivity index (χ3v) is 7.96. The lowest BCUT2D eigenvalue weighted by Crippen LogP contribution is -2.54. The summed E-state index contributed by atoms with van der Waals surface area (Å²) in [6.07, 6.45) is 0.351. The van der Waals surface area contributed by atoms with Crippen molar-refractivity contribution in [2.45, 2.75) is 31.1 Å². The predicted molar refractivity (Wildman–Crippen MR) is 136 cm³/mol. The molecule has 178 valence electrons. The first-order chi connectivity index (χ1) is 14.9. The molecule has 2 unspecified atom stereocenters. The van der Waals surface area contributed by atoms with E-state index in [1.165, 1.54) is 0 Å². The molecule has 1 heterocycles. The van der Waals surface area contributed by atoms with Gasteiger partial charge in [0.25, 0.3) is 0 Å². The third kappa shape index (κ3) is 5.50. The van der Waals surface area contributed by atoms with E-state index in [0.717, 1.165) is 11.3 Å². The highest BCUT2D eigenvalue weighted by Crippen LogP contribution is 2.36. The lowest BCUT2D eigenvalue weighted by molar-refractivity contribution is 0.103. The summed E-state index contributed by atoms with van der Waals surface area (Å²) < 4.78 is 24.4. The largest absolute Gasteiger partial charge is 0.355 e. The van der Waals surface area contributed by atoms with E-state index < -0.39 is 20.8 Å². The highest BCUT2D eigenvalue weighted by molar-refractivity contribution is 7.90. The second-order valence-corrected chi connectivity index (χ2v) is 10.8. The quantitative estimate of drug-likeness (QED) is 0.442. The summed E-state index contributed by atoms with van der Waals surface area (Å²) in [5.41, 5.74) is 3.14. The van der Waals surface area contributed by atoms with E-state index in [1.54, 1.807) is 55.5 Å².